The van der Waals surface area contributed by atoms with Gasteiger partial charge in [0.25, 0.3) is 0 Å². The van der Waals surface area contributed by atoms with Gasteiger partial charge in [0, 0.05) is 18.2 Å². The highest BCUT2D eigenvalue weighted by Gasteiger charge is 2.25. The molecule has 1 aromatic rings. The summed E-state index contributed by atoms with van der Waals surface area (Å²) in [7, 11) is -2.48. The van der Waals surface area contributed by atoms with Crippen molar-refractivity contribution in [3.63, 3.8) is 0 Å². The molecule has 0 aliphatic heterocycles. The van der Waals surface area contributed by atoms with Gasteiger partial charge in [-0.1, -0.05) is 13.8 Å². The third kappa shape index (κ3) is 4.72. The molecule has 0 radical (unpaired) electrons. The van der Waals surface area contributed by atoms with Crippen molar-refractivity contribution in [2.75, 3.05) is 7.05 Å². The van der Waals surface area contributed by atoms with Crippen molar-refractivity contribution in [2.45, 2.75) is 44.7 Å². The summed E-state index contributed by atoms with van der Waals surface area (Å²) in [6.45, 7) is 5.57. The number of halogens is 2. The van der Waals surface area contributed by atoms with Crippen LogP contribution in [0.15, 0.2) is 17.0 Å². The molecule has 120 valence electrons. The second-order valence-electron chi connectivity index (χ2n) is 5.52. The molecule has 1 rings (SSSR count). The van der Waals surface area contributed by atoms with Crippen molar-refractivity contribution in [3.05, 3.63) is 29.3 Å². The fourth-order valence-corrected chi connectivity index (χ4v) is 3.57. The lowest BCUT2D eigenvalue weighted by molar-refractivity contribution is 0.477. The van der Waals surface area contributed by atoms with Crippen molar-refractivity contribution in [1.29, 1.82) is 0 Å². The SMILES string of the molecule is CNCc1c(F)ccc(S(=O)(=O)NC(C)CC(C)C)c1F. The third-order valence-electron chi connectivity index (χ3n) is 2.97. The Morgan fingerprint density at radius 1 is 1.19 bits per heavy atom. The summed E-state index contributed by atoms with van der Waals surface area (Å²) in [6.07, 6.45) is 0.630. The van der Waals surface area contributed by atoms with Crippen LogP contribution >= 0.6 is 0 Å². The van der Waals surface area contributed by atoms with Gasteiger partial charge >= 0.3 is 0 Å². The number of hydrogen-bond donors (Lipinski definition) is 2. The Hall–Kier alpha value is -1.05. The van der Waals surface area contributed by atoms with E-state index >= 15 is 0 Å². The number of rotatable bonds is 7. The molecule has 0 fully saturated rings. The average molecular weight is 320 g/mol. The van der Waals surface area contributed by atoms with E-state index in [-0.39, 0.29) is 18.2 Å². The van der Waals surface area contributed by atoms with Gasteiger partial charge in [-0.2, -0.15) is 0 Å². The number of benzene rings is 1. The molecule has 0 heterocycles. The molecule has 21 heavy (non-hydrogen) atoms. The number of hydrogen-bond acceptors (Lipinski definition) is 3. The van der Waals surface area contributed by atoms with E-state index in [0.29, 0.717) is 12.3 Å². The van der Waals surface area contributed by atoms with Gasteiger partial charge in [0.05, 0.1) is 0 Å². The maximum Gasteiger partial charge on any atom is 0.243 e. The van der Waals surface area contributed by atoms with Crippen LogP contribution in [-0.4, -0.2) is 21.5 Å². The van der Waals surface area contributed by atoms with E-state index in [4.69, 9.17) is 0 Å². The first-order chi connectivity index (χ1) is 9.69. The van der Waals surface area contributed by atoms with E-state index < -0.39 is 26.6 Å². The van der Waals surface area contributed by atoms with Crippen LogP contribution in [0.5, 0.6) is 0 Å². The predicted octanol–water partition coefficient (Wildman–Crippen LogP) is 2.40. The fraction of sp³-hybridized carbons (Fsp3) is 0.571. The van der Waals surface area contributed by atoms with Crippen molar-refractivity contribution < 1.29 is 17.2 Å². The van der Waals surface area contributed by atoms with Gasteiger partial charge in [-0.05, 0) is 38.4 Å². The minimum atomic E-state index is -4.01. The van der Waals surface area contributed by atoms with E-state index in [9.17, 15) is 17.2 Å². The molecule has 0 amide bonds. The summed E-state index contributed by atoms with van der Waals surface area (Å²) in [5.41, 5.74) is -0.281. The highest BCUT2D eigenvalue weighted by Crippen LogP contribution is 2.21. The molecule has 0 saturated carbocycles. The van der Waals surface area contributed by atoms with Crippen molar-refractivity contribution in [1.82, 2.24) is 10.0 Å². The molecule has 1 aromatic carbocycles. The normalized spacial score (nSPS) is 13.7. The summed E-state index contributed by atoms with van der Waals surface area (Å²) in [4.78, 5) is -0.523. The lowest BCUT2D eigenvalue weighted by Crippen LogP contribution is -2.34. The fourth-order valence-electron chi connectivity index (χ4n) is 2.21. The van der Waals surface area contributed by atoms with Crippen LogP contribution in [0.1, 0.15) is 32.8 Å². The monoisotopic (exact) mass is 320 g/mol. The van der Waals surface area contributed by atoms with Gasteiger partial charge in [-0.25, -0.2) is 21.9 Å². The van der Waals surface area contributed by atoms with Crippen LogP contribution in [-0.2, 0) is 16.6 Å². The molecule has 0 aliphatic carbocycles. The zero-order valence-electron chi connectivity index (χ0n) is 12.7. The molecule has 0 saturated heterocycles. The van der Waals surface area contributed by atoms with E-state index in [1.54, 1.807) is 6.92 Å². The van der Waals surface area contributed by atoms with Crippen LogP contribution in [0.4, 0.5) is 8.78 Å². The summed E-state index contributed by atoms with van der Waals surface area (Å²) in [6, 6.07) is 1.60. The zero-order chi connectivity index (χ0) is 16.2. The minimum absolute atomic E-state index is 0.0808. The smallest absolute Gasteiger partial charge is 0.243 e. The van der Waals surface area contributed by atoms with E-state index in [1.165, 1.54) is 7.05 Å². The Kier molecular flexibility index (Phi) is 6.24. The standard InChI is InChI=1S/C14H22F2N2O2S/c1-9(2)7-10(3)18-21(19,20)13-6-5-12(15)11(8-17-4)14(13)16/h5-6,9-10,17-18H,7-8H2,1-4H3. The molecule has 0 bridgehead atoms. The molecule has 1 atom stereocenters. The van der Waals surface area contributed by atoms with Crippen LogP contribution in [0.2, 0.25) is 0 Å². The molecular weight excluding hydrogens is 298 g/mol. The Bertz CT molecular complexity index is 589. The van der Waals surface area contributed by atoms with Gasteiger partial charge in [0.15, 0.2) is 5.82 Å². The predicted molar refractivity (Wildman–Crippen MR) is 78.4 cm³/mol. The first kappa shape index (κ1) is 18.0. The van der Waals surface area contributed by atoms with Crippen LogP contribution in [0.25, 0.3) is 0 Å². The summed E-state index contributed by atoms with van der Waals surface area (Å²) in [5, 5.41) is 2.62. The van der Waals surface area contributed by atoms with Crippen LogP contribution < -0.4 is 10.0 Å². The second-order valence-corrected chi connectivity index (χ2v) is 7.20. The largest absolute Gasteiger partial charge is 0.315 e. The maximum absolute atomic E-state index is 14.2. The molecular formula is C14H22F2N2O2S. The molecule has 7 heteroatoms. The van der Waals surface area contributed by atoms with Gasteiger partial charge in [0.2, 0.25) is 10.0 Å². The number of nitrogens with one attached hydrogen (secondary N) is 2. The van der Waals surface area contributed by atoms with Crippen LogP contribution in [0, 0.1) is 17.6 Å². The molecule has 4 nitrogen and oxygen atoms in total. The number of sulfonamides is 1. The molecule has 2 N–H and O–H groups in total. The lowest BCUT2D eigenvalue weighted by atomic mass is 10.1. The molecule has 0 spiro atoms. The van der Waals surface area contributed by atoms with Crippen molar-refractivity contribution in [2.24, 2.45) is 5.92 Å². The molecule has 0 aromatic heterocycles. The highest BCUT2D eigenvalue weighted by molar-refractivity contribution is 7.89. The maximum atomic E-state index is 14.2. The topological polar surface area (TPSA) is 58.2 Å². The van der Waals surface area contributed by atoms with E-state index in [2.05, 4.69) is 10.0 Å². The Balaban J connectivity index is 3.11. The first-order valence-corrected chi connectivity index (χ1v) is 8.31. The lowest BCUT2D eigenvalue weighted by Gasteiger charge is -2.17. The summed E-state index contributed by atoms with van der Waals surface area (Å²) in [5.74, 6) is -1.51. The molecule has 0 aliphatic rings. The highest BCUT2D eigenvalue weighted by atomic mass is 32.2. The van der Waals surface area contributed by atoms with Crippen molar-refractivity contribution in [3.8, 4) is 0 Å². The van der Waals surface area contributed by atoms with Crippen LogP contribution in [0.3, 0.4) is 0 Å². The summed E-state index contributed by atoms with van der Waals surface area (Å²) >= 11 is 0. The van der Waals surface area contributed by atoms with E-state index in [0.717, 1.165) is 12.1 Å². The van der Waals surface area contributed by atoms with Gasteiger partial charge in [-0.3, -0.25) is 0 Å². The van der Waals surface area contributed by atoms with Crippen molar-refractivity contribution >= 4 is 10.0 Å². The first-order valence-electron chi connectivity index (χ1n) is 6.82. The van der Waals surface area contributed by atoms with E-state index in [1.807, 2.05) is 13.8 Å². The van der Waals surface area contributed by atoms with Gasteiger partial charge in [-0.15, -0.1) is 0 Å². The molecule has 1 unspecified atom stereocenters. The third-order valence-corrected chi connectivity index (χ3v) is 4.58. The second kappa shape index (κ2) is 7.29. The van der Waals surface area contributed by atoms with Gasteiger partial charge < -0.3 is 5.32 Å². The zero-order valence-corrected chi connectivity index (χ0v) is 13.5. The average Bonchev–Trinajstić information content (AvgIpc) is 2.32. The quantitative estimate of drug-likeness (QED) is 0.811. The Morgan fingerprint density at radius 2 is 1.81 bits per heavy atom. The Morgan fingerprint density at radius 3 is 2.33 bits per heavy atom. The minimum Gasteiger partial charge on any atom is -0.315 e. The van der Waals surface area contributed by atoms with Gasteiger partial charge in [0.1, 0.15) is 10.7 Å². The Labute approximate surface area is 125 Å². The summed E-state index contributed by atoms with van der Waals surface area (Å²) < 4.78 is 54.6.